The maximum Gasteiger partial charge on any atom is 0.262 e. The molecule has 10 heteroatoms. The van der Waals surface area contributed by atoms with Crippen molar-refractivity contribution in [3.05, 3.63) is 46.1 Å². The fourth-order valence-corrected chi connectivity index (χ4v) is 6.65. The molecule has 10 nitrogen and oxygen atoms in total. The van der Waals surface area contributed by atoms with E-state index in [1.165, 1.54) is 6.92 Å². The number of piperazine rings is 1. The Morgan fingerprint density at radius 2 is 1.64 bits per heavy atom. The number of carbonyl (C=O) groups is 1. The van der Waals surface area contributed by atoms with Crippen molar-refractivity contribution in [3.63, 3.8) is 0 Å². The number of rotatable bonds is 6. The standard InChI is InChI=1S/C29H38N8O2/c1-19-23-16-31-25(15-24(23)37(22-5-3-4-6-22)29(39)28(19)20(2)38)34-26-17-33-27(18-32-26)36-11-7-21(8-12-36)35-13-9-30-10-14-35/h15-18,21-22,30H,3-14H2,1-2H3,(H,31,32,34). The molecule has 0 atom stereocenters. The maximum atomic E-state index is 13.5. The number of nitrogens with one attached hydrogen (secondary N) is 2. The van der Waals surface area contributed by atoms with Crippen molar-refractivity contribution >= 4 is 34.1 Å². The van der Waals surface area contributed by atoms with E-state index in [0.717, 1.165) is 94.5 Å². The normalized spacial score (nSPS) is 19.6. The van der Waals surface area contributed by atoms with Crippen molar-refractivity contribution in [3.8, 4) is 0 Å². The molecule has 2 N–H and O–H groups in total. The summed E-state index contributed by atoms with van der Waals surface area (Å²) >= 11 is 0. The van der Waals surface area contributed by atoms with E-state index in [4.69, 9.17) is 4.98 Å². The number of aromatic nitrogens is 4. The minimum absolute atomic E-state index is 0.101. The van der Waals surface area contributed by atoms with E-state index >= 15 is 0 Å². The third kappa shape index (κ3) is 5.15. The lowest BCUT2D eigenvalue weighted by molar-refractivity contribution is 0.101. The zero-order chi connectivity index (χ0) is 26.9. The van der Waals surface area contributed by atoms with Crippen LogP contribution < -0.4 is 21.1 Å². The highest BCUT2D eigenvalue weighted by Crippen LogP contribution is 2.33. The molecule has 3 aromatic heterocycles. The average Bonchev–Trinajstić information content (AvgIpc) is 3.48. The molecule has 2 saturated heterocycles. The molecule has 6 rings (SSSR count). The van der Waals surface area contributed by atoms with E-state index in [-0.39, 0.29) is 22.9 Å². The van der Waals surface area contributed by atoms with Gasteiger partial charge in [0.1, 0.15) is 17.5 Å². The quantitative estimate of drug-likeness (QED) is 0.463. The van der Waals surface area contributed by atoms with Crippen molar-refractivity contribution in [1.82, 2.24) is 29.7 Å². The molecule has 0 unspecified atom stereocenters. The number of nitrogens with zero attached hydrogens (tertiary/aromatic N) is 6. The van der Waals surface area contributed by atoms with Gasteiger partial charge in [0, 0.05) is 69.0 Å². The van der Waals surface area contributed by atoms with Crippen LogP contribution in [0.15, 0.2) is 29.5 Å². The number of hydrogen-bond acceptors (Lipinski definition) is 9. The fourth-order valence-electron chi connectivity index (χ4n) is 6.65. The van der Waals surface area contributed by atoms with Gasteiger partial charge in [-0.05, 0) is 45.1 Å². The summed E-state index contributed by atoms with van der Waals surface area (Å²) in [5.74, 6) is 1.90. The van der Waals surface area contributed by atoms with Gasteiger partial charge >= 0.3 is 0 Å². The molecule has 5 heterocycles. The Balaban J connectivity index is 1.20. The van der Waals surface area contributed by atoms with Crippen LogP contribution in [0.4, 0.5) is 17.5 Å². The van der Waals surface area contributed by atoms with Gasteiger partial charge in [-0.2, -0.15) is 0 Å². The largest absolute Gasteiger partial charge is 0.355 e. The van der Waals surface area contributed by atoms with Gasteiger partial charge in [-0.15, -0.1) is 0 Å². The van der Waals surface area contributed by atoms with Crippen molar-refractivity contribution in [2.24, 2.45) is 0 Å². The molecule has 0 bridgehead atoms. The van der Waals surface area contributed by atoms with Crippen LogP contribution in [0.3, 0.4) is 0 Å². The smallest absolute Gasteiger partial charge is 0.262 e. The Kier molecular flexibility index (Phi) is 7.31. The first-order valence-corrected chi connectivity index (χ1v) is 14.3. The molecule has 0 aromatic carbocycles. The summed E-state index contributed by atoms with van der Waals surface area (Å²) in [6, 6.07) is 2.67. The topological polar surface area (TPSA) is 108 Å². The summed E-state index contributed by atoms with van der Waals surface area (Å²) in [5, 5.41) is 7.55. The van der Waals surface area contributed by atoms with Gasteiger partial charge < -0.3 is 20.1 Å². The molecule has 206 valence electrons. The first-order chi connectivity index (χ1) is 19.0. The molecule has 3 aliphatic rings. The maximum absolute atomic E-state index is 13.5. The molecule has 0 spiro atoms. The molecule has 0 radical (unpaired) electrons. The Hall–Kier alpha value is -3.37. The highest BCUT2D eigenvalue weighted by atomic mass is 16.1. The molecule has 39 heavy (non-hydrogen) atoms. The van der Waals surface area contributed by atoms with Crippen LogP contribution in [0.25, 0.3) is 10.9 Å². The number of anilines is 3. The van der Waals surface area contributed by atoms with Gasteiger partial charge in [0.15, 0.2) is 5.78 Å². The van der Waals surface area contributed by atoms with Crippen LogP contribution in [0, 0.1) is 6.92 Å². The molecule has 1 saturated carbocycles. The van der Waals surface area contributed by atoms with E-state index in [1.54, 1.807) is 12.4 Å². The van der Waals surface area contributed by atoms with Crippen molar-refractivity contribution < 1.29 is 4.79 Å². The number of pyridine rings is 2. The number of aryl methyl sites for hydroxylation is 1. The van der Waals surface area contributed by atoms with Gasteiger partial charge in [-0.25, -0.2) is 15.0 Å². The lowest BCUT2D eigenvalue weighted by Crippen LogP contribution is -2.52. The number of hydrogen-bond donors (Lipinski definition) is 2. The van der Waals surface area contributed by atoms with Gasteiger partial charge in [0.05, 0.1) is 23.5 Å². The fraction of sp³-hybridized carbons (Fsp3) is 0.552. The van der Waals surface area contributed by atoms with Crippen LogP contribution in [0.2, 0.25) is 0 Å². The van der Waals surface area contributed by atoms with Gasteiger partial charge in [0.25, 0.3) is 5.56 Å². The average molecular weight is 531 g/mol. The van der Waals surface area contributed by atoms with Crippen LogP contribution in [-0.2, 0) is 0 Å². The second-order valence-corrected chi connectivity index (χ2v) is 11.1. The molecule has 0 amide bonds. The van der Waals surface area contributed by atoms with Crippen LogP contribution in [-0.4, -0.2) is 75.5 Å². The summed E-state index contributed by atoms with van der Waals surface area (Å²) in [7, 11) is 0. The Morgan fingerprint density at radius 3 is 2.31 bits per heavy atom. The Morgan fingerprint density at radius 1 is 0.923 bits per heavy atom. The van der Waals surface area contributed by atoms with E-state index < -0.39 is 0 Å². The van der Waals surface area contributed by atoms with Gasteiger partial charge in [0.2, 0.25) is 0 Å². The van der Waals surface area contributed by atoms with E-state index in [9.17, 15) is 9.59 Å². The summed E-state index contributed by atoms with van der Waals surface area (Å²) < 4.78 is 1.83. The SMILES string of the molecule is CC(=O)c1c(C)c2cnc(Nc3cnc(N4CCC(N5CCNCC5)CC4)cn3)cc2n(C2CCCC2)c1=O. The van der Waals surface area contributed by atoms with E-state index in [2.05, 4.69) is 30.4 Å². The van der Waals surface area contributed by atoms with Crippen molar-refractivity contribution in [2.75, 3.05) is 49.5 Å². The minimum Gasteiger partial charge on any atom is -0.355 e. The lowest BCUT2D eigenvalue weighted by Gasteiger charge is -2.40. The third-order valence-corrected chi connectivity index (χ3v) is 8.75. The number of ketones is 1. The van der Waals surface area contributed by atoms with Crippen LogP contribution in [0.5, 0.6) is 0 Å². The second kappa shape index (κ2) is 11.0. The highest BCUT2D eigenvalue weighted by Gasteiger charge is 2.27. The highest BCUT2D eigenvalue weighted by molar-refractivity contribution is 6.00. The third-order valence-electron chi connectivity index (χ3n) is 8.75. The summed E-state index contributed by atoms with van der Waals surface area (Å²) in [5.41, 5.74) is 1.58. The molecule has 2 aliphatic heterocycles. The molecular formula is C29H38N8O2. The van der Waals surface area contributed by atoms with Crippen LogP contribution in [0.1, 0.15) is 67.4 Å². The van der Waals surface area contributed by atoms with E-state index in [1.807, 2.05) is 23.8 Å². The number of piperidine rings is 1. The summed E-state index contributed by atoms with van der Waals surface area (Å²) in [6.07, 6.45) is 11.7. The monoisotopic (exact) mass is 530 g/mol. The van der Waals surface area contributed by atoms with Gasteiger partial charge in [-0.3, -0.25) is 14.5 Å². The number of Topliss-reactive ketones (excluding diaryl/α,β-unsaturated/α-hetero) is 1. The van der Waals surface area contributed by atoms with Crippen LogP contribution >= 0.6 is 0 Å². The van der Waals surface area contributed by atoms with Crippen molar-refractivity contribution in [1.29, 1.82) is 0 Å². The van der Waals surface area contributed by atoms with E-state index in [0.29, 0.717) is 23.2 Å². The predicted molar refractivity (Wildman–Crippen MR) is 153 cm³/mol. The molecular weight excluding hydrogens is 492 g/mol. The summed E-state index contributed by atoms with van der Waals surface area (Å²) in [6.45, 7) is 9.74. The van der Waals surface area contributed by atoms with Crippen molar-refractivity contribution in [2.45, 2.75) is 64.5 Å². The Labute approximate surface area is 228 Å². The first kappa shape index (κ1) is 25.9. The number of carbonyl (C=O) groups excluding carboxylic acids is 1. The predicted octanol–water partition coefficient (Wildman–Crippen LogP) is 3.43. The molecule has 1 aliphatic carbocycles. The first-order valence-electron chi connectivity index (χ1n) is 14.3. The lowest BCUT2D eigenvalue weighted by atomic mass is 10.0. The zero-order valence-electron chi connectivity index (χ0n) is 22.9. The molecule has 3 aromatic rings. The molecule has 3 fully saturated rings. The Bertz CT molecular complexity index is 1400. The summed E-state index contributed by atoms with van der Waals surface area (Å²) in [4.78, 5) is 44.7. The zero-order valence-corrected chi connectivity index (χ0v) is 22.9. The second-order valence-electron chi connectivity index (χ2n) is 11.1. The number of fused-ring (bicyclic) bond motifs is 1. The minimum atomic E-state index is -0.197. The van der Waals surface area contributed by atoms with Gasteiger partial charge in [-0.1, -0.05) is 12.8 Å².